The zero-order valence-corrected chi connectivity index (χ0v) is 32.9. The monoisotopic (exact) mass is 765 g/mol. The Morgan fingerprint density at radius 3 is 0.967 bits per heavy atom. The van der Waals surface area contributed by atoms with E-state index in [1.807, 2.05) is 24.3 Å². The lowest BCUT2D eigenvalue weighted by Gasteiger charge is -2.24. The molecule has 0 unspecified atom stereocenters. The number of hydrogen-bond donors (Lipinski definition) is 0. The lowest BCUT2D eigenvalue weighted by atomic mass is 9.79. The summed E-state index contributed by atoms with van der Waals surface area (Å²) in [7, 11) is 0. The highest BCUT2D eigenvalue weighted by molar-refractivity contribution is 6.07. The van der Waals surface area contributed by atoms with Crippen molar-refractivity contribution in [2.24, 2.45) is 0 Å². The first-order valence-electron chi connectivity index (χ1n) is 20.3. The van der Waals surface area contributed by atoms with Crippen molar-refractivity contribution in [3.8, 4) is 101 Å². The van der Waals surface area contributed by atoms with E-state index in [0.717, 1.165) is 66.8 Å². The van der Waals surface area contributed by atoms with Crippen LogP contribution in [0.2, 0.25) is 0 Å². The van der Waals surface area contributed by atoms with Crippen molar-refractivity contribution in [2.75, 3.05) is 0 Å². The van der Waals surface area contributed by atoms with Crippen molar-refractivity contribution in [1.82, 2.24) is 15.0 Å². The Morgan fingerprint density at radius 1 is 0.183 bits per heavy atom. The van der Waals surface area contributed by atoms with Crippen molar-refractivity contribution >= 4 is 0 Å². The molecule has 10 aromatic rings. The standard InChI is InChI=1S/C57H39N3/c1-7-20-40(21-8-1)41-34-36-47(37-35-41)56-58-55(46-30-17-6-18-31-46)59-57(60-56)49-33-19-32-48(38-49)51-39-50(42-22-9-2-10-23-42)52(43-24-11-3-12-25-43)54(45-28-15-5-16-29-45)53(51)44-26-13-4-14-27-44/h1-39H. The second kappa shape index (κ2) is 16.5. The molecule has 0 spiro atoms. The minimum Gasteiger partial charge on any atom is -0.208 e. The molecule has 9 aromatic carbocycles. The highest BCUT2D eigenvalue weighted by Crippen LogP contribution is 2.50. The maximum absolute atomic E-state index is 5.18. The molecule has 0 saturated carbocycles. The van der Waals surface area contributed by atoms with E-state index in [0.29, 0.717) is 17.5 Å². The molecule has 60 heavy (non-hydrogen) atoms. The molecule has 0 amide bonds. The fraction of sp³-hybridized carbons (Fsp3) is 0. The van der Waals surface area contributed by atoms with E-state index < -0.39 is 0 Å². The average Bonchev–Trinajstić information content (AvgIpc) is 3.35. The van der Waals surface area contributed by atoms with Gasteiger partial charge in [0.05, 0.1) is 0 Å². The summed E-state index contributed by atoms with van der Waals surface area (Å²) < 4.78 is 0. The van der Waals surface area contributed by atoms with E-state index in [1.165, 1.54) is 16.7 Å². The van der Waals surface area contributed by atoms with Gasteiger partial charge in [-0.05, 0) is 78.9 Å². The topological polar surface area (TPSA) is 38.7 Å². The molecule has 3 nitrogen and oxygen atoms in total. The van der Waals surface area contributed by atoms with Gasteiger partial charge in [0, 0.05) is 16.7 Å². The van der Waals surface area contributed by atoms with Gasteiger partial charge in [0.1, 0.15) is 0 Å². The molecule has 10 rings (SSSR count). The molecule has 1 heterocycles. The normalized spacial score (nSPS) is 11.0. The second-order valence-electron chi connectivity index (χ2n) is 14.8. The molecule has 0 atom stereocenters. The van der Waals surface area contributed by atoms with E-state index in [9.17, 15) is 0 Å². The summed E-state index contributed by atoms with van der Waals surface area (Å²) in [5.74, 6) is 1.86. The van der Waals surface area contributed by atoms with E-state index in [4.69, 9.17) is 15.0 Å². The fourth-order valence-electron chi connectivity index (χ4n) is 8.08. The van der Waals surface area contributed by atoms with Gasteiger partial charge in [-0.2, -0.15) is 0 Å². The van der Waals surface area contributed by atoms with Crippen molar-refractivity contribution in [2.45, 2.75) is 0 Å². The van der Waals surface area contributed by atoms with Crippen molar-refractivity contribution in [3.05, 3.63) is 237 Å². The van der Waals surface area contributed by atoms with Gasteiger partial charge in [-0.1, -0.05) is 224 Å². The summed E-state index contributed by atoms with van der Waals surface area (Å²) in [5, 5.41) is 0. The van der Waals surface area contributed by atoms with Gasteiger partial charge in [0.15, 0.2) is 17.5 Å². The maximum Gasteiger partial charge on any atom is 0.164 e. The minimum absolute atomic E-state index is 0.613. The zero-order valence-electron chi connectivity index (χ0n) is 32.9. The summed E-state index contributed by atoms with van der Waals surface area (Å²) in [6.07, 6.45) is 0. The Kier molecular flexibility index (Phi) is 9.97. The van der Waals surface area contributed by atoms with Crippen LogP contribution in [0.15, 0.2) is 237 Å². The summed E-state index contributed by atoms with van der Waals surface area (Å²) in [5.41, 5.74) is 16.6. The Balaban J connectivity index is 1.21. The quantitative estimate of drug-likeness (QED) is 0.147. The van der Waals surface area contributed by atoms with Crippen molar-refractivity contribution in [3.63, 3.8) is 0 Å². The van der Waals surface area contributed by atoms with Crippen LogP contribution in [-0.4, -0.2) is 15.0 Å². The SMILES string of the molecule is c1ccc(-c2ccc(-c3nc(-c4ccccc4)nc(-c4cccc(-c5cc(-c6ccccc6)c(-c6ccccc6)c(-c6ccccc6)c5-c5ccccc5)c4)n3)cc2)cc1. The first-order chi connectivity index (χ1) is 29.8. The molecule has 3 heteroatoms. The van der Waals surface area contributed by atoms with E-state index in [-0.39, 0.29) is 0 Å². The largest absolute Gasteiger partial charge is 0.208 e. The average molecular weight is 766 g/mol. The molecule has 0 aliphatic heterocycles. The number of benzene rings is 9. The number of hydrogen-bond acceptors (Lipinski definition) is 3. The lowest BCUT2D eigenvalue weighted by molar-refractivity contribution is 1.07. The van der Waals surface area contributed by atoms with Gasteiger partial charge < -0.3 is 0 Å². The third-order valence-corrected chi connectivity index (χ3v) is 10.9. The molecule has 0 fully saturated rings. The highest BCUT2D eigenvalue weighted by Gasteiger charge is 2.24. The van der Waals surface area contributed by atoms with Crippen LogP contribution >= 0.6 is 0 Å². The van der Waals surface area contributed by atoms with Gasteiger partial charge in [0.25, 0.3) is 0 Å². The third kappa shape index (κ3) is 7.32. The molecule has 0 bridgehead atoms. The van der Waals surface area contributed by atoms with E-state index in [2.05, 4.69) is 212 Å². The van der Waals surface area contributed by atoms with Crippen molar-refractivity contribution in [1.29, 1.82) is 0 Å². The predicted octanol–water partition coefficient (Wildman–Crippen LogP) is 14.9. The smallest absolute Gasteiger partial charge is 0.164 e. The van der Waals surface area contributed by atoms with Gasteiger partial charge in [0.2, 0.25) is 0 Å². The molecule has 0 N–H and O–H groups in total. The Morgan fingerprint density at radius 2 is 0.483 bits per heavy atom. The molecular formula is C57H39N3. The summed E-state index contributed by atoms with van der Waals surface area (Å²) >= 11 is 0. The Hall–Kier alpha value is -8.01. The molecule has 0 saturated heterocycles. The first kappa shape index (κ1) is 36.3. The number of nitrogens with zero attached hydrogens (tertiary/aromatic N) is 3. The molecular weight excluding hydrogens is 727 g/mol. The molecule has 282 valence electrons. The van der Waals surface area contributed by atoms with Crippen molar-refractivity contribution < 1.29 is 0 Å². The van der Waals surface area contributed by atoms with Crippen LogP contribution in [0.3, 0.4) is 0 Å². The highest BCUT2D eigenvalue weighted by atomic mass is 15.0. The summed E-state index contributed by atoms with van der Waals surface area (Å²) in [6.45, 7) is 0. The van der Waals surface area contributed by atoms with E-state index in [1.54, 1.807) is 0 Å². The number of aromatic nitrogens is 3. The molecule has 1 aromatic heterocycles. The van der Waals surface area contributed by atoms with Gasteiger partial charge in [-0.15, -0.1) is 0 Å². The fourth-order valence-corrected chi connectivity index (χ4v) is 8.08. The minimum atomic E-state index is 0.613. The molecule has 0 aliphatic carbocycles. The van der Waals surface area contributed by atoms with Crippen LogP contribution in [-0.2, 0) is 0 Å². The maximum atomic E-state index is 5.18. The number of rotatable bonds is 9. The van der Waals surface area contributed by atoms with Crippen LogP contribution < -0.4 is 0 Å². The van der Waals surface area contributed by atoms with Crippen LogP contribution in [0, 0.1) is 0 Å². The molecule has 0 aliphatic rings. The Bertz CT molecular complexity index is 3020. The summed E-state index contributed by atoms with van der Waals surface area (Å²) in [6, 6.07) is 83.2. The van der Waals surface area contributed by atoms with Crippen LogP contribution in [0.5, 0.6) is 0 Å². The third-order valence-electron chi connectivity index (χ3n) is 10.9. The Labute approximate surface area is 351 Å². The van der Waals surface area contributed by atoms with Crippen LogP contribution in [0.4, 0.5) is 0 Å². The first-order valence-corrected chi connectivity index (χ1v) is 20.3. The zero-order chi connectivity index (χ0) is 40.1. The molecule has 0 radical (unpaired) electrons. The van der Waals surface area contributed by atoms with Crippen LogP contribution in [0.1, 0.15) is 0 Å². The summed E-state index contributed by atoms with van der Waals surface area (Å²) in [4.78, 5) is 15.4. The van der Waals surface area contributed by atoms with Gasteiger partial charge in [-0.3, -0.25) is 0 Å². The second-order valence-corrected chi connectivity index (χ2v) is 14.8. The van der Waals surface area contributed by atoms with Gasteiger partial charge >= 0.3 is 0 Å². The van der Waals surface area contributed by atoms with Gasteiger partial charge in [-0.25, -0.2) is 15.0 Å². The lowest BCUT2D eigenvalue weighted by Crippen LogP contribution is -2.01. The van der Waals surface area contributed by atoms with Crippen LogP contribution in [0.25, 0.3) is 101 Å². The predicted molar refractivity (Wildman–Crippen MR) is 249 cm³/mol. The van der Waals surface area contributed by atoms with E-state index >= 15 is 0 Å².